The van der Waals surface area contributed by atoms with E-state index < -0.39 is 18.1 Å². The number of nitrogens with one attached hydrogen (secondary N) is 1. The van der Waals surface area contributed by atoms with Crippen molar-refractivity contribution < 1.29 is 19.4 Å². The van der Waals surface area contributed by atoms with Crippen LogP contribution in [-0.2, 0) is 20.7 Å². The summed E-state index contributed by atoms with van der Waals surface area (Å²) in [5.41, 5.74) is 0.800. The van der Waals surface area contributed by atoms with E-state index in [2.05, 4.69) is 5.32 Å². The molecule has 2 N–H and O–H groups in total. The molecule has 0 bridgehead atoms. The fourth-order valence-corrected chi connectivity index (χ4v) is 2.23. The molecule has 108 valence electrons. The predicted octanol–water partition coefficient (Wildman–Crippen LogP) is 1.63. The summed E-state index contributed by atoms with van der Waals surface area (Å²) in [5, 5.41) is 12.3. The molecule has 0 aliphatic carbocycles. The molecule has 2 rings (SSSR count). The zero-order valence-electron chi connectivity index (χ0n) is 10.8. The molecule has 0 saturated carbocycles. The van der Waals surface area contributed by atoms with Crippen molar-refractivity contribution in [2.24, 2.45) is 0 Å². The highest BCUT2D eigenvalue weighted by Gasteiger charge is 2.28. The van der Waals surface area contributed by atoms with E-state index in [1.54, 1.807) is 24.3 Å². The minimum Gasteiger partial charge on any atom is -0.480 e. The highest BCUT2D eigenvalue weighted by Crippen LogP contribution is 2.14. The second-order valence-electron chi connectivity index (χ2n) is 4.73. The van der Waals surface area contributed by atoms with Crippen molar-refractivity contribution in [2.75, 3.05) is 6.61 Å². The van der Waals surface area contributed by atoms with Crippen LogP contribution >= 0.6 is 11.6 Å². The van der Waals surface area contributed by atoms with Gasteiger partial charge >= 0.3 is 5.97 Å². The Morgan fingerprint density at radius 1 is 1.40 bits per heavy atom. The minimum atomic E-state index is -1.06. The molecular weight excluding hydrogens is 282 g/mol. The minimum absolute atomic E-state index is 0.213. The van der Waals surface area contributed by atoms with Crippen molar-refractivity contribution in [1.29, 1.82) is 0 Å². The van der Waals surface area contributed by atoms with Crippen LogP contribution in [0.4, 0.5) is 0 Å². The molecule has 1 aliphatic heterocycles. The van der Waals surface area contributed by atoms with E-state index in [1.807, 2.05) is 0 Å². The first-order valence-electron chi connectivity index (χ1n) is 6.45. The molecule has 1 saturated heterocycles. The molecule has 0 radical (unpaired) electrons. The van der Waals surface area contributed by atoms with Crippen molar-refractivity contribution in [3.8, 4) is 0 Å². The van der Waals surface area contributed by atoms with Crippen LogP contribution in [0, 0.1) is 0 Å². The fraction of sp³-hybridized carbons (Fsp3) is 0.429. The molecule has 20 heavy (non-hydrogen) atoms. The van der Waals surface area contributed by atoms with Crippen LogP contribution in [0.15, 0.2) is 24.3 Å². The fourth-order valence-electron chi connectivity index (χ4n) is 2.11. The van der Waals surface area contributed by atoms with Gasteiger partial charge in [-0.25, -0.2) is 4.79 Å². The number of carboxylic acids is 1. The lowest BCUT2D eigenvalue weighted by Crippen LogP contribution is -2.46. The number of carboxylic acid groups (broad SMARTS) is 1. The first kappa shape index (κ1) is 14.8. The number of aliphatic carboxylic acids is 1. The van der Waals surface area contributed by atoms with Crippen LogP contribution in [0.5, 0.6) is 0 Å². The van der Waals surface area contributed by atoms with Crippen molar-refractivity contribution in [3.63, 3.8) is 0 Å². The molecule has 0 spiro atoms. The largest absolute Gasteiger partial charge is 0.480 e. The molecule has 1 heterocycles. The van der Waals surface area contributed by atoms with Gasteiger partial charge in [-0.3, -0.25) is 4.79 Å². The third kappa shape index (κ3) is 3.95. The summed E-state index contributed by atoms with van der Waals surface area (Å²) in [7, 11) is 0. The van der Waals surface area contributed by atoms with E-state index in [0.29, 0.717) is 18.1 Å². The number of hydrogen-bond donors (Lipinski definition) is 2. The number of halogens is 1. The standard InChI is InChI=1S/C14H16ClNO4/c15-10-5-3-9(4-6-10)8-11(14(18)19)16-13(17)12-2-1-7-20-12/h3-6,11-12H,1-2,7-8H2,(H,16,17)(H,18,19)/t11-,12+/m0/s1. The maximum absolute atomic E-state index is 11.9. The average molecular weight is 298 g/mol. The molecule has 5 nitrogen and oxygen atoms in total. The Kier molecular flexibility index (Phi) is 4.98. The van der Waals surface area contributed by atoms with Gasteiger partial charge in [0.2, 0.25) is 5.91 Å². The Balaban J connectivity index is 1.98. The second kappa shape index (κ2) is 6.72. The smallest absolute Gasteiger partial charge is 0.326 e. The SMILES string of the molecule is O=C(O)[C@H](Cc1ccc(Cl)cc1)NC(=O)[C@H]1CCCO1. The highest BCUT2D eigenvalue weighted by molar-refractivity contribution is 6.30. The van der Waals surface area contributed by atoms with Crippen LogP contribution in [0.1, 0.15) is 18.4 Å². The van der Waals surface area contributed by atoms with Gasteiger partial charge in [0.1, 0.15) is 12.1 Å². The van der Waals surface area contributed by atoms with Gasteiger partial charge in [0.25, 0.3) is 0 Å². The zero-order valence-corrected chi connectivity index (χ0v) is 11.6. The number of ether oxygens (including phenoxy) is 1. The van der Waals surface area contributed by atoms with Gasteiger partial charge in [-0.2, -0.15) is 0 Å². The van der Waals surface area contributed by atoms with Crippen LogP contribution in [0.3, 0.4) is 0 Å². The van der Waals surface area contributed by atoms with E-state index in [4.69, 9.17) is 16.3 Å². The van der Waals surface area contributed by atoms with Gasteiger partial charge in [-0.1, -0.05) is 23.7 Å². The summed E-state index contributed by atoms with van der Waals surface area (Å²) in [5.74, 6) is -1.42. The third-order valence-corrected chi connectivity index (χ3v) is 3.44. The number of carbonyl (C=O) groups is 2. The number of hydrogen-bond acceptors (Lipinski definition) is 3. The van der Waals surface area contributed by atoms with E-state index >= 15 is 0 Å². The van der Waals surface area contributed by atoms with E-state index in [0.717, 1.165) is 12.0 Å². The van der Waals surface area contributed by atoms with Crippen LogP contribution in [0.2, 0.25) is 5.02 Å². The lowest BCUT2D eigenvalue weighted by molar-refractivity contribution is -0.143. The average Bonchev–Trinajstić information content (AvgIpc) is 2.94. The lowest BCUT2D eigenvalue weighted by Gasteiger charge is -2.17. The number of amides is 1. The Labute approximate surface area is 121 Å². The Morgan fingerprint density at radius 3 is 2.65 bits per heavy atom. The molecule has 1 fully saturated rings. The van der Waals surface area contributed by atoms with Gasteiger partial charge < -0.3 is 15.2 Å². The van der Waals surface area contributed by atoms with E-state index in [9.17, 15) is 14.7 Å². The van der Waals surface area contributed by atoms with Crippen molar-refractivity contribution >= 4 is 23.5 Å². The third-order valence-electron chi connectivity index (χ3n) is 3.19. The van der Waals surface area contributed by atoms with Gasteiger partial charge in [-0.05, 0) is 30.5 Å². The Bertz CT molecular complexity index is 482. The Hall–Kier alpha value is -1.59. The Morgan fingerprint density at radius 2 is 2.10 bits per heavy atom. The normalized spacial score (nSPS) is 19.6. The van der Waals surface area contributed by atoms with Gasteiger partial charge in [0.05, 0.1) is 0 Å². The predicted molar refractivity (Wildman–Crippen MR) is 73.7 cm³/mol. The summed E-state index contributed by atoms with van der Waals surface area (Å²) in [6.45, 7) is 0.549. The van der Waals surface area contributed by atoms with Crippen molar-refractivity contribution in [1.82, 2.24) is 5.32 Å². The molecule has 0 unspecified atom stereocenters. The maximum atomic E-state index is 11.9. The summed E-state index contributed by atoms with van der Waals surface area (Å²) >= 11 is 5.78. The van der Waals surface area contributed by atoms with Gasteiger partial charge in [0.15, 0.2) is 0 Å². The number of benzene rings is 1. The number of rotatable bonds is 5. The topological polar surface area (TPSA) is 75.6 Å². The van der Waals surface area contributed by atoms with E-state index in [-0.39, 0.29) is 12.3 Å². The lowest BCUT2D eigenvalue weighted by atomic mass is 10.1. The molecule has 2 atom stereocenters. The molecular formula is C14H16ClNO4. The summed E-state index contributed by atoms with van der Waals surface area (Å²) in [4.78, 5) is 23.1. The summed E-state index contributed by atoms with van der Waals surface area (Å²) in [6.07, 6.45) is 1.15. The molecule has 1 aromatic rings. The zero-order chi connectivity index (χ0) is 14.5. The maximum Gasteiger partial charge on any atom is 0.326 e. The second-order valence-corrected chi connectivity index (χ2v) is 5.17. The first-order chi connectivity index (χ1) is 9.56. The molecule has 6 heteroatoms. The van der Waals surface area contributed by atoms with Gasteiger partial charge in [0, 0.05) is 18.1 Å². The molecule has 0 aromatic heterocycles. The summed E-state index contributed by atoms with van der Waals surface area (Å²) in [6, 6.07) is 5.91. The molecule has 1 amide bonds. The quantitative estimate of drug-likeness (QED) is 0.866. The number of carbonyl (C=O) groups excluding carboxylic acids is 1. The highest BCUT2D eigenvalue weighted by atomic mass is 35.5. The van der Waals surface area contributed by atoms with Crippen LogP contribution in [0.25, 0.3) is 0 Å². The van der Waals surface area contributed by atoms with Crippen LogP contribution < -0.4 is 5.32 Å². The van der Waals surface area contributed by atoms with E-state index in [1.165, 1.54) is 0 Å². The monoisotopic (exact) mass is 297 g/mol. The van der Waals surface area contributed by atoms with Crippen LogP contribution in [-0.4, -0.2) is 35.7 Å². The van der Waals surface area contributed by atoms with Gasteiger partial charge in [-0.15, -0.1) is 0 Å². The molecule has 1 aromatic carbocycles. The first-order valence-corrected chi connectivity index (χ1v) is 6.83. The van der Waals surface area contributed by atoms with Crippen molar-refractivity contribution in [2.45, 2.75) is 31.4 Å². The molecule has 1 aliphatic rings. The summed E-state index contributed by atoms with van der Waals surface area (Å²) < 4.78 is 5.24. The van der Waals surface area contributed by atoms with Crippen molar-refractivity contribution in [3.05, 3.63) is 34.9 Å².